The highest BCUT2D eigenvalue weighted by atomic mass is 35.5. The van der Waals surface area contributed by atoms with Gasteiger partial charge in [-0.25, -0.2) is 0 Å². The summed E-state index contributed by atoms with van der Waals surface area (Å²) in [5.74, 6) is -0.0220. The molecule has 1 unspecified atom stereocenters. The van der Waals surface area contributed by atoms with Gasteiger partial charge in [-0.3, -0.25) is 14.5 Å². The summed E-state index contributed by atoms with van der Waals surface area (Å²) in [6, 6.07) is 21.3. The highest BCUT2D eigenvalue weighted by Gasteiger charge is 2.24. The molecule has 1 atom stereocenters. The molecule has 0 radical (unpaired) electrons. The first-order valence-corrected chi connectivity index (χ1v) is 10.9. The third-order valence-corrected chi connectivity index (χ3v) is 6.00. The van der Waals surface area contributed by atoms with E-state index in [0.29, 0.717) is 43.3 Å². The van der Waals surface area contributed by atoms with E-state index in [1.54, 1.807) is 24.3 Å². The fourth-order valence-electron chi connectivity index (χ4n) is 4.11. The molecule has 1 saturated heterocycles. The molecule has 0 bridgehead atoms. The van der Waals surface area contributed by atoms with Crippen molar-refractivity contribution in [1.29, 1.82) is 0 Å². The van der Waals surface area contributed by atoms with Crippen molar-refractivity contribution in [3.63, 3.8) is 0 Å². The van der Waals surface area contributed by atoms with E-state index in [0.717, 1.165) is 10.9 Å². The number of amides is 2. The number of nitrogens with zero attached hydrogens (tertiary/aromatic N) is 2. The largest absolute Gasteiger partial charge is 0.348 e. The first-order valence-electron chi connectivity index (χ1n) is 10.6. The molecular formula is C25H26ClN3O2. The number of nitrogens with one attached hydrogen (secondary N) is 1. The van der Waals surface area contributed by atoms with E-state index in [1.807, 2.05) is 30.0 Å². The van der Waals surface area contributed by atoms with E-state index < -0.39 is 0 Å². The third kappa shape index (κ3) is 5.06. The van der Waals surface area contributed by atoms with Crippen molar-refractivity contribution in [2.45, 2.75) is 13.0 Å². The molecule has 1 fully saturated rings. The minimum Gasteiger partial charge on any atom is -0.348 e. The van der Waals surface area contributed by atoms with Gasteiger partial charge in [0.25, 0.3) is 5.91 Å². The Morgan fingerprint density at radius 1 is 0.968 bits per heavy atom. The zero-order valence-corrected chi connectivity index (χ0v) is 18.3. The molecule has 1 aliphatic rings. The number of piperazine rings is 1. The average Bonchev–Trinajstić information content (AvgIpc) is 2.78. The van der Waals surface area contributed by atoms with Crippen molar-refractivity contribution in [3.8, 4) is 0 Å². The van der Waals surface area contributed by atoms with E-state index >= 15 is 0 Å². The van der Waals surface area contributed by atoms with Crippen LogP contribution in [0.1, 0.15) is 28.9 Å². The van der Waals surface area contributed by atoms with Crippen LogP contribution in [0.2, 0.25) is 5.02 Å². The lowest BCUT2D eigenvalue weighted by Gasteiger charge is -2.34. The van der Waals surface area contributed by atoms with Crippen molar-refractivity contribution >= 4 is 34.2 Å². The summed E-state index contributed by atoms with van der Waals surface area (Å²) in [5.41, 5.74) is 1.71. The summed E-state index contributed by atoms with van der Waals surface area (Å²) in [6.07, 6.45) is 0. The predicted molar refractivity (Wildman–Crippen MR) is 124 cm³/mol. The van der Waals surface area contributed by atoms with Crippen LogP contribution >= 0.6 is 11.6 Å². The molecule has 1 N–H and O–H groups in total. The van der Waals surface area contributed by atoms with Crippen LogP contribution < -0.4 is 5.32 Å². The zero-order chi connectivity index (χ0) is 21.8. The predicted octanol–water partition coefficient (Wildman–Crippen LogP) is 4.13. The Morgan fingerprint density at radius 3 is 2.45 bits per heavy atom. The Bertz CT molecular complexity index is 1090. The molecule has 4 rings (SSSR count). The van der Waals surface area contributed by atoms with Gasteiger partial charge in [0, 0.05) is 36.8 Å². The van der Waals surface area contributed by atoms with E-state index in [4.69, 9.17) is 11.6 Å². The van der Waals surface area contributed by atoms with Gasteiger partial charge in [0.1, 0.15) is 0 Å². The highest BCUT2D eigenvalue weighted by Crippen LogP contribution is 2.24. The SMILES string of the molecule is CC(NC(=O)CN1CCN(C(=O)c2cccc(Cl)c2)CC1)c1cccc2ccccc12. The van der Waals surface area contributed by atoms with Gasteiger partial charge in [0.05, 0.1) is 12.6 Å². The highest BCUT2D eigenvalue weighted by molar-refractivity contribution is 6.30. The van der Waals surface area contributed by atoms with Crippen molar-refractivity contribution in [2.75, 3.05) is 32.7 Å². The molecule has 31 heavy (non-hydrogen) atoms. The molecule has 6 heteroatoms. The maximum atomic E-state index is 12.7. The number of hydrogen-bond acceptors (Lipinski definition) is 3. The molecule has 3 aromatic rings. The summed E-state index contributed by atoms with van der Waals surface area (Å²) in [7, 11) is 0. The maximum Gasteiger partial charge on any atom is 0.253 e. The number of fused-ring (bicyclic) bond motifs is 1. The van der Waals surface area contributed by atoms with E-state index in [1.165, 1.54) is 5.39 Å². The smallest absolute Gasteiger partial charge is 0.253 e. The fourth-order valence-corrected chi connectivity index (χ4v) is 4.30. The molecule has 1 aliphatic heterocycles. The Balaban J connectivity index is 1.30. The third-order valence-electron chi connectivity index (χ3n) is 5.77. The van der Waals surface area contributed by atoms with Crippen LogP contribution in [-0.4, -0.2) is 54.3 Å². The number of rotatable bonds is 5. The molecule has 5 nitrogen and oxygen atoms in total. The van der Waals surface area contributed by atoms with Gasteiger partial charge in [-0.15, -0.1) is 0 Å². The molecule has 0 aliphatic carbocycles. The van der Waals surface area contributed by atoms with Gasteiger partial charge in [-0.2, -0.15) is 0 Å². The van der Waals surface area contributed by atoms with E-state index in [-0.39, 0.29) is 17.9 Å². The average molecular weight is 436 g/mol. The van der Waals surface area contributed by atoms with Crippen LogP contribution in [0.3, 0.4) is 0 Å². The Hall–Kier alpha value is -2.89. The first kappa shape index (κ1) is 21.3. The Morgan fingerprint density at radius 2 is 1.68 bits per heavy atom. The van der Waals surface area contributed by atoms with Crippen LogP contribution in [0.25, 0.3) is 10.8 Å². The molecule has 0 spiro atoms. The number of benzene rings is 3. The minimum atomic E-state index is -0.0794. The zero-order valence-electron chi connectivity index (χ0n) is 17.6. The topological polar surface area (TPSA) is 52.7 Å². The van der Waals surface area contributed by atoms with Gasteiger partial charge in [0.15, 0.2) is 0 Å². The molecule has 0 aromatic heterocycles. The monoisotopic (exact) mass is 435 g/mol. The molecule has 3 aromatic carbocycles. The second-order valence-corrected chi connectivity index (χ2v) is 8.37. The molecule has 1 heterocycles. The molecule has 2 amide bonds. The van der Waals surface area contributed by atoms with Crippen LogP contribution in [0.15, 0.2) is 66.7 Å². The fraction of sp³-hybridized carbons (Fsp3) is 0.280. The first-order chi connectivity index (χ1) is 15.0. The second kappa shape index (κ2) is 9.50. The normalized spacial score (nSPS) is 15.6. The van der Waals surface area contributed by atoms with Gasteiger partial charge in [-0.1, -0.05) is 60.1 Å². The molecule has 160 valence electrons. The van der Waals surface area contributed by atoms with Crippen LogP contribution in [0, 0.1) is 0 Å². The van der Waals surface area contributed by atoms with Crippen molar-refractivity contribution in [1.82, 2.24) is 15.1 Å². The van der Waals surface area contributed by atoms with Crippen molar-refractivity contribution in [3.05, 3.63) is 82.9 Å². The van der Waals surface area contributed by atoms with Gasteiger partial charge >= 0.3 is 0 Å². The molecule has 0 saturated carbocycles. The Kier molecular flexibility index (Phi) is 6.54. The number of hydrogen-bond donors (Lipinski definition) is 1. The van der Waals surface area contributed by atoms with Crippen molar-refractivity contribution < 1.29 is 9.59 Å². The lowest BCUT2D eigenvalue weighted by molar-refractivity contribution is -0.123. The minimum absolute atomic E-state index is 0.00458. The summed E-state index contributed by atoms with van der Waals surface area (Å²) in [4.78, 5) is 29.2. The standard InChI is InChI=1S/C25H26ClN3O2/c1-18(22-11-5-7-19-6-2-3-10-23(19)22)27-24(30)17-28-12-14-29(15-13-28)25(31)20-8-4-9-21(26)16-20/h2-11,16,18H,12-15,17H2,1H3,(H,27,30). The second-order valence-electron chi connectivity index (χ2n) is 7.94. The van der Waals surface area contributed by atoms with Crippen LogP contribution in [-0.2, 0) is 4.79 Å². The summed E-state index contributed by atoms with van der Waals surface area (Å²) < 4.78 is 0. The van der Waals surface area contributed by atoms with Crippen molar-refractivity contribution in [2.24, 2.45) is 0 Å². The van der Waals surface area contributed by atoms with Crippen LogP contribution in [0.5, 0.6) is 0 Å². The van der Waals surface area contributed by atoms with Gasteiger partial charge in [0.2, 0.25) is 5.91 Å². The lowest BCUT2D eigenvalue weighted by atomic mass is 10.00. The Labute approximate surface area is 187 Å². The van der Waals surface area contributed by atoms with Gasteiger partial charge < -0.3 is 10.2 Å². The summed E-state index contributed by atoms with van der Waals surface area (Å²) in [6.45, 7) is 4.87. The summed E-state index contributed by atoms with van der Waals surface area (Å²) >= 11 is 6.00. The van der Waals surface area contributed by atoms with Gasteiger partial charge in [-0.05, 0) is 41.5 Å². The number of carbonyl (C=O) groups excluding carboxylic acids is 2. The lowest BCUT2D eigenvalue weighted by Crippen LogP contribution is -2.51. The maximum absolute atomic E-state index is 12.7. The van der Waals surface area contributed by atoms with Crippen LogP contribution in [0.4, 0.5) is 0 Å². The quantitative estimate of drug-likeness (QED) is 0.655. The summed E-state index contributed by atoms with van der Waals surface area (Å²) in [5, 5.41) is 6.01. The molecular weight excluding hydrogens is 410 g/mol. The van der Waals surface area contributed by atoms with E-state index in [9.17, 15) is 9.59 Å². The number of carbonyl (C=O) groups is 2. The van der Waals surface area contributed by atoms with E-state index in [2.05, 4.69) is 34.5 Å². The number of halogens is 1.